The maximum atomic E-state index is 11.0. The molecule has 0 bridgehead atoms. The van der Waals surface area contributed by atoms with Crippen molar-refractivity contribution in [1.82, 2.24) is 0 Å². The molecule has 0 atom stereocenters. The Morgan fingerprint density at radius 2 is 1.19 bits per heavy atom. The molecule has 0 amide bonds. The van der Waals surface area contributed by atoms with Crippen LogP contribution in [0.3, 0.4) is 0 Å². The molecule has 0 aliphatic rings. The zero-order chi connectivity index (χ0) is 15.0. The first-order valence-corrected chi connectivity index (χ1v) is 8.89. The van der Waals surface area contributed by atoms with Gasteiger partial charge in [0.25, 0.3) is 0 Å². The molecule has 0 spiro atoms. The minimum absolute atomic E-state index is 0.746. The fraction of sp³-hybridized carbons (Fsp3) is 0.125. The molecular formula is C16H12O2S3. The van der Waals surface area contributed by atoms with E-state index in [1.54, 1.807) is 11.3 Å². The lowest BCUT2D eigenvalue weighted by Crippen LogP contribution is -1.80. The summed E-state index contributed by atoms with van der Waals surface area (Å²) in [5.41, 5.74) is 4.49. The minimum Gasteiger partial charge on any atom is -0.297 e. The first-order valence-electron chi connectivity index (χ1n) is 6.32. The van der Waals surface area contributed by atoms with Crippen LogP contribution in [0.2, 0.25) is 0 Å². The van der Waals surface area contributed by atoms with Gasteiger partial charge in [-0.15, -0.1) is 22.7 Å². The van der Waals surface area contributed by atoms with Crippen molar-refractivity contribution in [1.29, 1.82) is 0 Å². The average Bonchev–Trinajstić information content (AvgIpc) is 3.16. The average molecular weight is 332 g/mol. The molecule has 3 aromatic rings. The van der Waals surface area contributed by atoms with Crippen molar-refractivity contribution < 1.29 is 9.59 Å². The van der Waals surface area contributed by atoms with Crippen molar-refractivity contribution in [2.75, 3.05) is 0 Å². The van der Waals surface area contributed by atoms with Crippen LogP contribution in [0.4, 0.5) is 0 Å². The SMILES string of the molecule is Cc1sc(C=O)cc1-c1cscc1-c1cc(C=O)sc1C. The highest BCUT2D eigenvalue weighted by atomic mass is 32.1. The molecule has 0 aliphatic carbocycles. The zero-order valence-electron chi connectivity index (χ0n) is 11.5. The monoisotopic (exact) mass is 332 g/mol. The van der Waals surface area contributed by atoms with Crippen molar-refractivity contribution in [2.24, 2.45) is 0 Å². The normalized spacial score (nSPS) is 10.8. The van der Waals surface area contributed by atoms with Gasteiger partial charge >= 0.3 is 0 Å². The molecule has 0 aliphatic heterocycles. The third kappa shape index (κ3) is 2.52. The molecule has 0 saturated heterocycles. The lowest BCUT2D eigenvalue weighted by Gasteiger charge is -2.03. The summed E-state index contributed by atoms with van der Waals surface area (Å²) in [5, 5.41) is 4.22. The number of carbonyl (C=O) groups excluding carboxylic acids is 2. The van der Waals surface area contributed by atoms with Crippen LogP contribution in [0.5, 0.6) is 0 Å². The summed E-state index contributed by atoms with van der Waals surface area (Å²) in [6, 6.07) is 3.89. The topological polar surface area (TPSA) is 34.1 Å². The molecule has 0 radical (unpaired) electrons. The van der Waals surface area contributed by atoms with Gasteiger partial charge in [0, 0.05) is 20.9 Å². The highest BCUT2D eigenvalue weighted by molar-refractivity contribution is 7.14. The van der Waals surface area contributed by atoms with E-state index in [9.17, 15) is 9.59 Å². The molecule has 0 aromatic carbocycles. The number of hydrogen-bond donors (Lipinski definition) is 0. The summed E-state index contributed by atoms with van der Waals surface area (Å²) >= 11 is 4.67. The molecule has 3 rings (SSSR count). The van der Waals surface area contributed by atoms with Crippen molar-refractivity contribution in [3.63, 3.8) is 0 Å². The van der Waals surface area contributed by atoms with Gasteiger partial charge in [0.05, 0.1) is 9.75 Å². The Hall–Kier alpha value is -1.56. The number of thiophene rings is 3. The molecule has 0 saturated carbocycles. The fourth-order valence-electron chi connectivity index (χ4n) is 2.38. The molecule has 3 heterocycles. The lowest BCUT2D eigenvalue weighted by molar-refractivity contribution is 0.111. The molecular weight excluding hydrogens is 320 g/mol. The molecule has 0 N–H and O–H groups in total. The van der Waals surface area contributed by atoms with Crippen LogP contribution in [0.15, 0.2) is 22.9 Å². The number of hydrogen-bond acceptors (Lipinski definition) is 5. The van der Waals surface area contributed by atoms with Crippen molar-refractivity contribution in [3.8, 4) is 22.3 Å². The quantitative estimate of drug-likeness (QED) is 0.596. The summed E-state index contributed by atoms with van der Waals surface area (Å²) < 4.78 is 0. The Morgan fingerprint density at radius 3 is 1.52 bits per heavy atom. The van der Waals surface area contributed by atoms with E-state index in [1.165, 1.54) is 22.7 Å². The van der Waals surface area contributed by atoms with Crippen LogP contribution in [0, 0.1) is 13.8 Å². The van der Waals surface area contributed by atoms with Crippen LogP contribution >= 0.6 is 34.0 Å². The number of carbonyl (C=O) groups is 2. The molecule has 106 valence electrons. The van der Waals surface area contributed by atoms with E-state index in [0.29, 0.717) is 0 Å². The molecule has 21 heavy (non-hydrogen) atoms. The lowest BCUT2D eigenvalue weighted by atomic mass is 10.00. The summed E-state index contributed by atoms with van der Waals surface area (Å²) in [6.07, 6.45) is 1.79. The van der Waals surface area contributed by atoms with Crippen LogP contribution < -0.4 is 0 Å². The Morgan fingerprint density at radius 1 is 0.762 bits per heavy atom. The third-order valence-electron chi connectivity index (χ3n) is 3.35. The summed E-state index contributed by atoms with van der Waals surface area (Å²) in [7, 11) is 0. The predicted octanol–water partition coefficient (Wildman–Crippen LogP) is 5.45. The maximum Gasteiger partial charge on any atom is 0.160 e. The van der Waals surface area contributed by atoms with Crippen LogP contribution in [0.25, 0.3) is 22.3 Å². The predicted molar refractivity (Wildman–Crippen MR) is 91.2 cm³/mol. The highest BCUT2D eigenvalue weighted by Crippen LogP contribution is 2.42. The third-order valence-corrected chi connectivity index (χ3v) is 6.04. The summed E-state index contributed by atoms with van der Waals surface area (Å²) in [6.45, 7) is 4.07. The van der Waals surface area contributed by atoms with Gasteiger partial charge in [-0.05, 0) is 47.9 Å². The van der Waals surface area contributed by atoms with E-state index in [4.69, 9.17) is 0 Å². The van der Waals surface area contributed by atoms with E-state index in [1.807, 2.05) is 26.0 Å². The second kappa shape index (κ2) is 5.67. The zero-order valence-corrected chi connectivity index (χ0v) is 14.0. The number of aldehydes is 2. The fourth-order valence-corrected chi connectivity index (χ4v) is 4.94. The second-order valence-electron chi connectivity index (χ2n) is 4.67. The van der Waals surface area contributed by atoms with Crippen LogP contribution in [-0.2, 0) is 0 Å². The standard InChI is InChI=1S/C16H12O2S3/c1-9-13(3-11(5-17)20-9)15-7-19-8-16(15)14-4-12(6-18)21-10(14)2/h3-8H,1-2H3. The maximum absolute atomic E-state index is 11.0. The van der Waals surface area contributed by atoms with E-state index in [2.05, 4.69) is 10.8 Å². The Bertz CT molecular complexity index is 754. The highest BCUT2D eigenvalue weighted by Gasteiger charge is 2.16. The summed E-state index contributed by atoms with van der Waals surface area (Å²) in [4.78, 5) is 25.7. The van der Waals surface area contributed by atoms with Gasteiger partial charge in [-0.25, -0.2) is 0 Å². The molecule has 2 nitrogen and oxygen atoms in total. The van der Waals surface area contributed by atoms with E-state index in [0.717, 1.165) is 54.3 Å². The van der Waals surface area contributed by atoms with E-state index in [-0.39, 0.29) is 0 Å². The van der Waals surface area contributed by atoms with Gasteiger partial charge in [0.2, 0.25) is 0 Å². The van der Waals surface area contributed by atoms with Gasteiger partial charge in [0.15, 0.2) is 12.6 Å². The van der Waals surface area contributed by atoms with Gasteiger partial charge in [-0.3, -0.25) is 9.59 Å². The van der Waals surface area contributed by atoms with Crippen molar-refractivity contribution >= 4 is 46.6 Å². The largest absolute Gasteiger partial charge is 0.297 e. The molecule has 5 heteroatoms. The molecule has 0 fully saturated rings. The number of rotatable bonds is 4. The number of aryl methyl sites for hydroxylation is 2. The van der Waals surface area contributed by atoms with E-state index >= 15 is 0 Å². The van der Waals surface area contributed by atoms with Gasteiger partial charge in [-0.1, -0.05) is 0 Å². The summed E-state index contributed by atoms with van der Waals surface area (Å²) in [5.74, 6) is 0. The van der Waals surface area contributed by atoms with Crippen molar-refractivity contribution in [2.45, 2.75) is 13.8 Å². The van der Waals surface area contributed by atoms with Gasteiger partial charge in [-0.2, -0.15) is 11.3 Å². The Kier molecular flexibility index (Phi) is 3.89. The smallest absolute Gasteiger partial charge is 0.160 e. The van der Waals surface area contributed by atoms with E-state index < -0.39 is 0 Å². The molecule has 3 aromatic heterocycles. The van der Waals surface area contributed by atoms with Crippen LogP contribution in [-0.4, -0.2) is 12.6 Å². The first-order chi connectivity index (χ1) is 10.1. The molecule has 0 unspecified atom stereocenters. The minimum atomic E-state index is 0.746. The first kappa shape index (κ1) is 14.4. The Labute approximate surface area is 134 Å². The Balaban J connectivity index is 2.16. The van der Waals surface area contributed by atoms with Gasteiger partial charge < -0.3 is 0 Å². The van der Waals surface area contributed by atoms with Crippen molar-refractivity contribution in [3.05, 3.63) is 42.4 Å². The second-order valence-corrected chi connectivity index (χ2v) is 7.99. The van der Waals surface area contributed by atoms with Crippen LogP contribution in [0.1, 0.15) is 29.1 Å². The van der Waals surface area contributed by atoms with Gasteiger partial charge in [0.1, 0.15) is 0 Å².